The fraction of sp³-hybridized carbons (Fsp3) is 0.917. The van der Waals surface area contributed by atoms with E-state index in [0.29, 0.717) is 6.54 Å². The Balaban J connectivity index is 2.01. The Bertz CT molecular complexity index is 467. The molecule has 1 rings (SSSR count). The smallest absolute Gasteiger partial charge is 0.435 e. The van der Waals surface area contributed by atoms with E-state index >= 15 is 0 Å². The molecule has 2 atom stereocenters. The predicted molar refractivity (Wildman–Crippen MR) is 122 cm³/mol. The van der Waals surface area contributed by atoms with E-state index in [1.165, 1.54) is 83.5 Å². The van der Waals surface area contributed by atoms with E-state index in [0.717, 1.165) is 25.1 Å². The van der Waals surface area contributed by atoms with Gasteiger partial charge in [0.1, 0.15) is 19.1 Å². The summed E-state index contributed by atoms with van der Waals surface area (Å²) in [6.07, 6.45) is 19.8. The molecule has 2 N–H and O–H groups in total. The van der Waals surface area contributed by atoms with Crippen molar-refractivity contribution in [2.75, 3.05) is 19.7 Å². The second-order valence-electron chi connectivity index (χ2n) is 8.97. The SMILES string of the molecule is CCCCCCCCCCCCCCCCCC1=NC(C)C[N+]1(CCO)C(=O)O. The number of aliphatic hydroxyl groups excluding tert-OH is 1. The van der Waals surface area contributed by atoms with Crippen LogP contribution in [0.1, 0.15) is 117 Å². The topological polar surface area (TPSA) is 69.9 Å². The van der Waals surface area contributed by atoms with Crippen LogP contribution >= 0.6 is 0 Å². The average molecular weight is 412 g/mol. The molecule has 0 aliphatic carbocycles. The molecule has 1 amide bonds. The van der Waals surface area contributed by atoms with Crippen molar-refractivity contribution >= 4 is 11.9 Å². The summed E-state index contributed by atoms with van der Waals surface area (Å²) in [5.74, 6) is 0.758. The molecule has 0 aromatic rings. The quantitative estimate of drug-likeness (QED) is 0.199. The van der Waals surface area contributed by atoms with Crippen LogP contribution in [0.5, 0.6) is 0 Å². The van der Waals surface area contributed by atoms with E-state index in [1.54, 1.807) is 0 Å². The zero-order chi connectivity index (χ0) is 21.4. The van der Waals surface area contributed by atoms with Crippen LogP contribution in [0, 0.1) is 0 Å². The molecule has 0 bridgehead atoms. The van der Waals surface area contributed by atoms with Gasteiger partial charge in [-0.25, -0.2) is 4.99 Å². The van der Waals surface area contributed by atoms with Crippen LogP contribution in [0.15, 0.2) is 4.99 Å². The number of carboxylic acid groups (broad SMARTS) is 1. The fourth-order valence-corrected chi connectivity index (χ4v) is 4.57. The number of amidine groups is 1. The zero-order valence-corrected chi connectivity index (χ0v) is 19.2. The highest BCUT2D eigenvalue weighted by molar-refractivity contribution is 5.86. The van der Waals surface area contributed by atoms with E-state index in [9.17, 15) is 15.0 Å². The van der Waals surface area contributed by atoms with Gasteiger partial charge in [-0.1, -0.05) is 96.8 Å². The molecule has 0 fully saturated rings. The molecule has 170 valence electrons. The highest BCUT2D eigenvalue weighted by Crippen LogP contribution is 2.24. The maximum absolute atomic E-state index is 11.8. The zero-order valence-electron chi connectivity index (χ0n) is 19.2. The van der Waals surface area contributed by atoms with Crippen LogP contribution in [-0.2, 0) is 0 Å². The molecule has 1 heterocycles. The molecule has 0 radical (unpaired) electrons. The van der Waals surface area contributed by atoms with Gasteiger partial charge in [-0.15, -0.1) is 0 Å². The number of nitrogens with zero attached hydrogens (tertiary/aromatic N) is 2. The number of carbonyl (C=O) groups is 1. The molecular weight excluding hydrogens is 364 g/mol. The van der Waals surface area contributed by atoms with Crippen molar-refractivity contribution in [3.8, 4) is 0 Å². The highest BCUT2D eigenvalue weighted by Gasteiger charge is 2.47. The predicted octanol–water partition coefficient (Wildman–Crippen LogP) is 6.54. The minimum atomic E-state index is -0.872. The Kier molecular flexibility index (Phi) is 14.3. The average Bonchev–Trinajstić information content (AvgIpc) is 3.01. The summed E-state index contributed by atoms with van der Waals surface area (Å²) in [7, 11) is 0. The Morgan fingerprint density at radius 3 is 1.76 bits per heavy atom. The number of amides is 1. The van der Waals surface area contributed by atoms with Gasteiger partial charge in [-0.3, -0.25) is 0 Å². The standard InChI is InChI=1S/C24H46N2O3/c1-3-4-5-6-7-8-9-10-11-12-13-14-15-16-17-18-23-25-22(2)21-26(23,19-20-27)24(28)29/h22,27H,3-21H2,1-2H3/p+1. The molecule has 0 saturated carbocycles. The number of hydrogen-bond donors (Lipinski definition) is 2. The van der Waals surface area contributed by atoms with E-state index < -0.39 is 6.09 Å². The van der Waals surface area contributed by atoms with Crippen molar-refractivity contribution in [1.82, 2.24) is 0 Å². The number of unbranched alkanes of at least 4 members (excludes halogenated alkanes) is 14. The molecule has 2 unspecified atom stereocenters. The molecule has 5 heteroatoms. The second kappa shape index (κ2) is 15.8. The first-order valence-electron chi connectivity index (χ1n) is 12.4. The van der Waals surface area contributed by atoms with E-state index in [2.05, 4.69) is 11.9 Å². The molecule has 0 aromatic carbocycles. The van der Waals surface area contributed by atoms with Crippen molar-refractivity contribution < 1.29 is 19.5 Å². The maximum atomic E-state index is 11.8. The van der Waals surface area contributed by atoms with Gasteiger partial charge in [0.2, 0.25) is 5.84 Å². The third-order valence-electron chi connectivity index (χ3n) is 6.29. The first kappa shape index (κ1) is 26.1. The number of quaternary nitrogens is 1. The van der Waals surface area contributed by atoms with Gasteiger partial charge in [0, 0.05) is 6.42 Å². The highest BCUT2D eigenvalue weighted by atomic mass is 16.4. The first-order chi connectivity index (χ1) is 14.1. The Labute approximate surface area is 179 Å². The molecule has 0 spiro atoms. The summed E-state index contributed by atoms with van der Waals surface area (Å²) >= 11 is 0. The fourth-order valence-electron chi connectivity index (χ4n) is 4.57. The van der Waals surface area contributed by atoms with Gasteiger partial charge >= 0.3 is 6.09 Å². The second-order valence-corrected chi connectivity index (χ2v) is 8.97. The van der Waals surface area contributed by atoms with Crippen molar-refractivity contribution in [3.05, 3.63) is 0 Å². The summed E-state index contributed by atoms with van der Waals surface area (Å²) in [5.41, 5.74) is 0. The van der Waals surface area contributed by atoms with E-state index in [4.69, 9.17) is 0 Å². The Hall–Kier alpha value is -0.940. The molecule has 0 saturated heterocycles. The van der Waals surface area contributed by atoms with Gasteiger partial charge in [0.25, 0.3) is 0 Å². The van der Waals surface area contributed by atoms with Crippen LogP contribution < -0.4 is 0 Å². The van der Waals surface area contributed by atoms with Crippen LogP contribution in [0.3, 0.4) is 0 Å². The van der Waals surface area contributed by atoms with Crippen LogP contribution in [-0.4, -0.2) is 52.4 Å². The minimum absolute atomic E-state index is 0.0315. The summed E-state index contributed by atoms with van der Waals surface area (Å²) < 4.78 is -0.156. The lowest BCUT2D eigenvalue weighted by molar-refractivity contribution is -0.763. The van der Waals surface area contributed by atoms with Crippen molar-refractivity contribution in [2.45, 2.75) is 123 Å². The normalized spacial score (nSPS) is 21.5. The van der Waals surface area contributed by atoms with Gasteiger partial charge in [-0.2, -0.15) is 9.28 Å². The molecule has 1 aliphatic heterocycles. The monoisotopic (exact) mass is 411 g/mol. The summed E-state index contributed by atoms with van der Waals surface area (Å²) in [6.45, 7) is 4.83. The van der Waals surface area contributed by atoms with Crippen molar-refractivity contribution in [2.24, 2.45) is 4.99 Å². The van der Waals surface area contributed by atoms with E-state index in [-0.39, 0.29) is 23.7 Å². The van der Waals surface area contributed by atoms with Crippen LogP contribution in [0.25, 0.3) is 0 Å². The molecule has 1 aliphatic rings. The molecular formula is C24H47N2O3+. The third kappa shape index (κ3) is 10.1. The molecule has 0 aromatic heterocycles. The number of rotatable bonds is 18. The van der Waals surface area contributed by atoms with Crippen molar-refractivity contribution in [3.63, 3.8) is 0 Å². The van der Waals surface area contributed by atoms with Crippen molar-refractivity contribution in [1.29, 1.82) is 0 Å². The van der Waals surface area contributed by atoms with Gasteiger partial charge < -0.3 is 10.2 Å². The number of hydrogen-bond acceptors (Lipinski definition) is 3. The minimum Gasteiger partial charge on any atom is -0.435 e. The lowest BCUT2D eigenvalue weighted by atomic mass is 10.0. The number of aliphatic hydroxyl groups is 1. The van der Waals surface area contributed by atoms with Crippen LogP contribution in [0.4, 0.5) is 4.79 Å². The Morgan fingerprint density at radius 2 is 1.34 bits per heavy atom. The van der Waals surface area contributed by atoms with E-state index in [1.807, 2.05) is 6.92 Å². The molecule has 29 heavy (non-hydrogen) atoms. The third-order valence-corrected chi connectivity index (χ3v) is 6.29. The first-order valence-corrected chi connectivity index (χ1v) is 12.4. The number of aliphatic imine (C=N–C) groups is 1. The largest absolute Gasteiger partial charge is 0.519 e. The lowest BCUT2D eigenvalue weighted by Crippen LogP contribution is -2.56. The summed E-state index contributed by atoms with van der Waals surface area (Å²) in [5, 5.41) is 19.0. The van der Waals surface area contributed by atoms with Gasteiger partial charge in [0.15, 0.2) is 0 Å². The summed E-state index contributed by atoms with van der Waals surface area (Å²) in [6, 6.07) is 0.0315. The summed E-state index contributed by atoms with van der Waals surface area (Å²) in [4.78, 5) is 16.4. The Morgan fingerprint density at radius 1 is 0.897 bits per heavy atom. The lowest BCUT2D eigenvalue weighted by Gasteiger charge is -2.28. The van der Waals surface area contributed by atoms with Crippen LogP contribution in [0.2, 0.25) is 0 Å². The maximum Gasteiger partial charge on any atom is 0.519 e. The molecule has 5 nitrogen and oxygen atoms in total. The van der Waals surface area contributed by atoms with Gasteiger partial charge in [-0.05, 0) is 13.3 Å². The van der Waals surface area contributed by atoms with Gasteiger partial charge in [0.05, 0.1) is 6.61 Å².